The third-order valence-corrected chi connectivity index (χ3v) is 3.94. The van der Waals surface area contributed by atoms with Crippen LogP contribution in [-0.2, 0) is 5.41 Å². The van der Waals surface area contributed by atoms with Gasteiger partial charge in [0.15, 0.2) is 0 Å². The fourth-order valence-electron chi connectivity index (χ4n) is 2.43. The zero-order chi connectivity index (χ0) is 17.2. The maximum Gasteiger partial charge on any atom is 0.259 e. The lowest BCUT2D eigenvalue weighted by Gasteiger charge is -2.19. The van der Waals surface area contributed by atoms with Crippen molar-refractivity contribution in [1.82, 2.24) is 9.97 Å². The first-order valence-electron chi connectivity index (χ1n) is 7.97. The third kappa shape index (κ3) is 3.43. The third-order valence-electron chi connectivity index (χ3n) is 3.94. The number of rotatable bonds is 3. The Labute approximate surface area is 142 Å². The van der Waals surface area contributed by atoms with Gasteiger partial charge in [-0.1, -0.05) is 62.3 Å². The van der Waals surface area contributed by atoms with Crippen LogP contribution in [0.2, 0.25) is 0 Å². The molecule has 122 valence electrons. The minimum absolute atomic E-state index is 0.139. The summed E-state index contributed by atoms with van der Waals surface area (Å²) in [6.07, 6.45) is 1.49. The molecule has 4 nitrogen and oxygen atoms in total. The molecule has 0 saturated heterocycles. The minimum Gasteiger partial charge on any atom is -0.335 e. The van der Waals surface area contributed by atoms with Gasteiger partial charge in [0.1, 0.15) is 6.33 Å². The van der Waals surface area contributed by atoms with Gasteiger partial charge in [-0.05, 0) is 35.6 Å². The number of nitrogens with zero attached hydrogens (tertiary/aromatic N) is 3. The second-order valence-electron chi connectivity index (χ2n) is 6.79. The molecule has 0 atom stereocenters. The van der Waals surface area contributed by atoms with Gasteiger partial charge in [-0.25, -0.2) is 4.98 Å². The van der Waals surface area contributed by atoms with Crippen molar-refractivity contribution in [1.29, 1.82) is 0 Å². The quantitative estimate of drug-likeness (QED) is 0.518. The molecule has 0 N–H and O–H groups in total. The molecule has 4 heteroatoms. The highest BCUT2D eigenvalue weighted by atomic mass is 16.6. The van der Waals surface area contributed by atoms with Gasteiger partial charge in [-0.2, -0.15) is 4.98 Å². The molecule has 1 heterocycles. The van der Waals surface area contributed by atoms with Gasteiger partial charge in [-0.15, -0.1) is 0 Å². The smallest absolute Gasteiger partial charge is 0.259 e. The van der Waals surface area contributed by atoms with Crippen LogP contribution in [0.5, 0.6) is 5.88 Å². The summed E-state index contributed by atoms with van der Waals surface area (Å²) >= 11 is 0. The lowest BCUT2D eigenvalue weighted by atomic mass is 9.86. The van der Waals surface area contributed by atoms with Crippen LogP contribution in [0.4, 0.5) is 0 Å². The van der Waals surface area contributed by atoms with Crippen molar-refractivity contribution in [3.8, 4) is 5.88 Å². The summed E-state index contributed by atoms with van der Waals surface area (Å²) < 4.78 is 0. The minimum atomic E-state index is 0.139. The number of hydrogen-bond acceptors (Lipinski definition) is 4. The van der Waals surface area contributed by atoms with E-state index < -0.39 is 0 Å². The zero-order valence-corrected chi connectivity index (χ0v) is 14.4. The number of para-hydroxylation sites is 1. The molecule has 1 aromatic heterocycles. The molecule has 0 spiro atoms. The first-order chi connectivity index (χ1) is 11.4. The van der Waals surface area contributed by atoms with Gasteiger partial charge in [0.25, 0.3) is 5.88 Å². The number of fused-ring (bicyclic) bond motifs is 1. The summed E-state index contributed by atoms with van der Waals surface area (Å²) in [5.41, 5.74) is 4.10. The van der Waals surface area contributed by atoms with Gasteiger partial charge in [0.2, 0.25) is 0 Å². The monoisotopic (exact) mass is 319 g/mol. The lowest BCUT2D eigenvalue weighted by Crippen LogP contribution is -2.11. The molecule has 0 saturated carbocycles. The average molecular weight is 319 g/mol. The number of oxime groups is 1. The Morgan fingerprint density at radius 3 is 2.38 bits per heavy atom. The Kier molecular flexibility index (Phi) is 4.30. The van der Waals surface area contributed by atoms with E-state index in [1.165, 1.54) is 11.9 Å². The van der Waals surface area contributed by atoms with E-state index >= 15 is 0 Å². The van der Waals surface area contributed by atoms with Crippen LogP contribution in [0.15, 0.2) is 60.0 Å². The van der Waals surface area contributed by atoms with Crippen molar-refractivity contribution in [2.75, 3.05) is 0 Å². The molecule has 0 amide bonds. The first-order valence-corrected chi connectivity index (χ1v) is 7.97. The summed E-state index contributed by atoms with van der Waals surface area (Å²) in [4.78, 5) is 14.0. The summed E-state index contributed by atoms with van der Waals surface area (Å²) in [7, 11) is 0. The normalized spacial score (nSPS) is 12.4. The van der Waals surface area contributed by atoms with Crippen molar-refractivity contribution < 1.29 is 4.84 Å². The largest absolute Gasteiger partial charge is 0.335 e. The summed E-state index contributed by atoms with van der Waals surface area (Å²) in [6, 6.07) is 16.1. The number of benzene rings is 2. The van der Waals surface area contributed by atoms with E-state index in [1.54, 1.807) is 0 Å². The lowest BCUT2D eigenvalue weighted by molar-refractivity contribution is 0.331. The van der Waals surface area contributed by atoms with Gasteiger partial charge in [0, 0.05) is 0 Å². The standard InChI is InChI=1S/C20H21N3O/c1-14(15-9-11-16(12-10-15)20(2,3)4)23-24-19-17-7-5-6-8-18(17)21-13-22-19/h5-13H,1-4H3. The van der Waals surface area contributed by atoms with E-state index in [9.17, 15) is 0 Å². The fourth-order valence-corrected chi connectivity index (χ4v) is 2.43. The molecule has 24 heavy (non-hydrogen) atoms. The van der Waals surface area contributed by atoms with E-state index in [0.29, 0.717) is 5.88 Å². The molecule has 3 aromatic rings. The molecule has 2 aromatic carbocycles. The summed E-state index contributed by atoms with van der Waals surface area (Å²) in [5.74, 6) is 0.464. The van der Waals surface area contributed by atoms with Gasteiger partial charge in [-0.3, -0.25) is 0 Å². The van der Waals surface area contributed by atoms with Gasteiger partial charge < -0.3 is 4.84 Å². The Hall–Kier alpha value is -2.75. The van der Waals surface area contributed by atoms with E-state index in [4.69, 9.17) is 4.84 Å². The topological polar surface area (TPSA) is 47.4 Å². The number of aromatic nitrogens is 2. The first kappa shape index (κ1) is 16.1. The predicted molar refractivity (Wildman–Crippen MR) is 97.5 cm³/mol. The molecular weight excluding hydrogens is 298 g/mol. The van der Waals surface area contributed by atoms with Crippen LogP contribution in [-0.4, -0.2) is 15.7 Å². The van der Waals surface area contributed by atoms with Gasteiger partial charge >= 0.3 is 0 Å². The molecule has 0 aliphatic heterocycles. The Morgan fingerprint density at radius 2 is 1.67 bits per heavy atom. The van der Waals surface area contributed by atoms with E-state index in [-0.39, 0.29) is 5.41 Å². The maximum atomic E-state index is 5.57. The van der Waals surface area contributed by atoms with Crippen molar-refractivity contribution in [3.63, 3.8) is 0 Å². The van der Waals surface area contributed by atoms with E-state index in [0.717, 1.165) is 22.2 Å². The summed E-state index contributed by atoms with van der Waals surface area (Å²) in [6.45, 7) is 8.53. The highest BCUT2D eigenvalue weighted by molar-refractivity contribution is 5.98. The second-order valence-corrected chi connectivity index (χ2v) is 6.79. The van der Waals surface area contributed by atoms with Crippen LogP contribution in [0.25, 0.3) is 10.9 Å². The summed E-state index contributed by atoms with van der Waals surface area (Å²) in [5, 5.41) is 5.08. The zero-order valence-electron chi connectivity index (χ0n) is 14.4. The Bertz CT molecular complexity index is 872. The Morgan fingerprint density at radius 1 is 0.958 bits per heavy atom. The molecule has 0 aliphatic carbocycles. The van der Waals surface area contributed by atoms with Crippen molar-refractivity contribution >= 4 is 16.6 Å². The highest BCUT2D eigenvalue weighted by Gasteiger charge is 2.13. The van der Waals surface area contributed by atoms with Crippen molar-refractivity contribution in [3.05, 3.63) is 66.0 Å². The highest BCUT2D eigenvalue weighted by Crippen LogP contribution is 2.23. The molecule has 0 bridgehead atoms. The van der Waals surface area contributed by atoms with Crippen LogP contribution >= 0.6 is 0 Å². The van der Waals surface area contributed by atoms with E-state index in [1.807, 2.05) is 31.2 Å². The number of hydrogen-bond donors (Lipinski definition) is 0. The average Bonchev–Trinajstić information content (AvgIpc) is 2.59. The Balaban J connectivity index is 1.83. The molecule has 0 unspecified atom stereocenters. The fraction of sp³-hybridized carbons (Fsp3) is 0.250. The predicted octanol–water partition coefficient (Wildman–Crippen LogP) is 4.73. The molecule has 3 rings (SSSR count). The maximum absolute atomic E-state index is 5.57. The van der Waals surface area contributed by atoms with Crippen LogP contribution in [0, 0.1) is 0 Å². The molecule has 0 radical (unpaired) electrons. The van der Waals surface area contributed by atoms with Crippen LogP contribution in [0.1, 0.15) is 38.8 Å². The van der Waals surface area contributed by atoms with Gasteiger partial charge in [0.05, 0.1) is 16.6 Å². The van der Waals surface area contributed by atoms with Crippen LogP contribution < -0.4 is 4.84 Å². The van der Waals surface area contributed by atoms with Crippen LogP contribution in [0.3, 0.4) is 0 Å². The molecule has 0 aliphatic rings. The molecular formula is C20H21N3O. The van der Waals surface area contributed by atoms with E-state index in [2.05, 4.69) is 60.2 Å². The second kappa shape index (κ2) is 6.40. The van der Waals surface area contributed by atoms with Crippen molar-refractivity contribution in [2.24, 2.45) is 5.16 Å². The van der Waals surface area contributed by atoms with Crippen molar-refractivity contribution in [2.45, 2.75) is 33.1 Å². The molecule has 0 fully saturated rings. The SMILES string of the molecule is CC(=NOc1ncnc2ccccc12)c1ccc(C(C)(C)C)cc1.